The Balaban J connectivity index is 2.40. The highest BCUT2D eigenvalue weighted by Crippen LogP contribution is 2.27. The van der Waals surface area contributed by atoms with Crippen molar-refractivity contribution < 1.29 is 23.1 Å². The summed E-state index contributed by atoms with van der Waals surface area (Å²) in [4.78, 5) is 10.7. The molecule has 0 bridgehead atoms. The normalized spacial score (nSPS) is 11.5. The maximum Gasteiger partial charge on any atom is 0.435 e. The maximum atomic E-state index is 12.4. The Kier molecular flexibility index (Phi) is 2.82. The van der Waals surface area contributed by atoms with E-state index in [0.717, 1.165) is 16.9 Å². The molecule has 4 nitrogen and oxygen atoms in total. The van der Waals surface area contributed by atoms with Gasteiger partial charge in [-0.3, -0.25) is 0 Å². The van der Waals surface area contributed by atoms with Gasteiger partial charge < -0.3 is 5.11 Å². The molecule has 18 heavy (non-hydrogen) atoms. The molecule has 0 aliphatic rings. The Morgan fingerprint density at radius 1 is 1.28 bits per heavy atom. The number of rotatable bonds is 2. The number of carboxylic acid groups (broad SMARTS) is 1. The number of carboxylic acids is 1. The maximum absolute atomic E-state index is 12.4. The van der Waals surface area contributed by atoms with Crippen molar-refractivity contribution >= 4 is 5.97 Å². The molecule has 0 amide bonds. The van der Waals surface area contributed by atoms with Crippen LogP contribution in [0.5, 0.6) is 0 Å². The largest absolute Gasteiger partial charge is 0.478 e. The van der Waals surface area contributed by atoms with E-state index in [1.165, 1.54) is 24.3 Å². The van der Waals surface area contributed by atoms with Gasteiger partial charge >= 0.3 is 12.1 Å². The number of benzene rings is 1. The predicted octanol–water partition coefficient (Wildman–Crippen LogP) is 2.59. The highest BCUT2D eigenvalue weighted by Gasteiger charge is 2.33. The Bertz CT molecular complexity index is 590. The Hall–Kier alpha value is -2.31. The molecule has 0 fully saturated rings. The fourth-order valence-electron chi connectivity index (χ4n) is 1.40. The molecule has 0 unspecified atom stereocenters. The van der Waals surface area contributed by atoms with Crippen LogP contribution in [0.2, 0.25) is 0 Å². The van der Waals surface area contributed by atoms with Gasteiger partial charge in [0.2, 0.25) is 0 Å². The number of hydrogen-bond donors (Lipinski definition) is 1. The summed E-state index contributed by atoms with van der Waals surface area (Å²) in [5.74, 6) is -1.15. The number of aromatic nitrogens is 2. The summed E-state index contributed by atoms with van der Waals surface area (Å²) >= 11 is 0. The molecule has 0 aliphatic carbocycles. The standard InChI is InChI=1S/C11H7F3N2O2/c12-11(13,14)9-4-5-16(15-9)8-3-1-2-7(6-8)10(17)18/h1-6H,(H,17,18). The van der Waals surface area contributed by atoms with E-state index in [1.807, 2.05) is 0 Å². The molecule has 0 saturated heterocycles. The van der Waals surface area contributed by atoms with Crippen molar-refractivity contribution in [1.29, 1.82) is 0 Å². The zero-order chi connectivity index (χ0) is 13.3. The van der Waals surface area contributed by atoms with Gasteiger partial charge in [0.25, 0.3) is 0 Å². The smallest absolute Gasteiger partial charge is 0.435 e. The molecule has 7 heteroatoms. The second-order valence-corrected chi connectivity index (χ2v) is 3.50. The van der Waals surface area contributed by atoms with Crippen LogP contribution in [0.4, 0.5) is 13.2 Å². The number of alkyl halides is 3. The zero-order valence-electron chi connectivity index (χ0n) is 8.85. The average Bonchev–Trinajstić information content (AvgIpc) is 2.78. The van der Waals surface area contributed by atoms with Gasteiger partial charge in [0.1, 0.15) is 0 Å². The van der Waals surface area contributed by atoms with E-state index in [1.54, 1.807) is 0 Å². The van der Waals surface area contributed by atoms with E-state index in [2.05, 4.69) is 5.10 Å². The molecule has 1 aromatic heterocycles. The molecular weight excluding hydrogens is 249 g/mol. The van der Waals surface area contributed by atoms with Gasteiger partial charge in [-0.2, -0.15) is 18.3 Å². The number of carbonyl (C=O) groups is 1. The average molecular weight is 256 g/mol. The van der Waals surface area contributed by atoms with Crippen molar-refractivity contribution in [3.63, 3.8) is 0 Å². The minimum absolute atomic E-state index is 0.0171. The molecular formula is C11H7F3N2O2. The molecule has 94 valence electrons. The van der Waals surface area contributed by atoms with Gasteiger partial charge in [-0.15, -0.1) is 0 Å². The molecule has 0 aliphatic heterocycles. The molecule has 2 rings (SSSR count). The van der Waals surface area contributed by atoms with Crippen molar-refractivity contribution in [1.82, 2.24) is 9.78 Å². The minimum Gasteiger partial charge on any atom is -0.478 e. The van der Waals surface area contributed by atoms with Gasteiger partial charge in [-0.25, -0.2) is 9.48 Å². The van der Waals surface area contributed by atoms with Crippen LogP contribution in [-0.4, -0.2) is 20.9 Å². The third kappa shape index (κ3) is 2.34. The fourth-order valence-corrected chi connectivity index (χ4v) is 1.40. The summed E-state index contributed by atoms with van der Waals surface area (Å²) in [6.07, 6.45) is -3.39. The number of nitrogens with zero attached hydrogens (tertiary/aromatic N) is 2. The fraction of sp³-hybridized carbons (Fsp3) is 0.0909. The lowest BCUT2D eigenvalue weighted by molar-refractivity contribution is -0.141. The lowest BCUT2D eigenvalue weighted by Crippen LogP contribution is -2.07. The SMILES string of the molecule is O=C(O)c1cccc(-n2ccc(C(F)(F)F)n2)c1. The lowest BCUT2D eigenvalue weighted by Gasteiger charge is -2.03. The molecule has 0 spiro atoms. The van der Waals surface area contributed by atoms with Crippen molar-refractivity contribution in [3.05, 3.63) is 47.8 Å². The van der Waals surface area contributed by atoms with E-state index < -0.39 is 17.8 Å². The molecule has 1 heterocycles. The van der Waals surface area contributed by atoms with Crippen LogP contribution in [0.1, 0.15) is 16.1 Å². The van der Waals surface area contributed by atoms with Crippen LogP contribution >= 0.6 is 0 Å². The summed E-state index contributed by atoms with van der Waals surface area (Å²) in [5.41, 5.74) is -0.787. The van der Waals surface area contributed by atoms with Gasteiger partial charge in [-0.1, -0.05) is 6.07 Å². The Labute approximate surface area is 99.3 Å². The summed E-state index contributed by atoms with van der Waals surface area (Å²) in [7, 11) is 0. The minimum atomic E-state index is -4.52. The lowest BCUT2D eigenvalue weighted by atomic mass is 10.2. The van der Waals surface area contributed by atoms with E-state index in [9.17, 15) is 18.0 Å². The van der Waals surface area contributed by atoms with Gasteiger partial charge in [0.05, 0.1) is 11.3 Å². The molecule has 0 radical (unpaired) electrons. The van der Waals surface area contributed by atoms with E-state index in [0.29, 0.717) is 0 Å². The second-order valence-electron chi connectivity index (χ2n) is 3.50. The van der Waals surface area contributed by atoms with Crippen molar-refractivity contribution in [3.8, 4) is 5.69 Å². The van der Waals surface area contributed by atoms with Crippen LogP contribution in [0.3, 0.4) is 0 Å². The number of halogens is 3. The van der Waals surface area contributed by atoms with Crippen LogP contribution in [-0.2, 0) is 6.18 Å². The van der Waals surface area contributed by atoms with E-state index >= 15 is 0 Å². The quantitative estimate of drug-likeness (QED) is 0.898. The van der Waals surface area contributed by atoms with Gasteiger partial charge in [0, 0.05) is 6.20 Å². The number of aromatic carboxylic acids is 1. The first-order valence-electron chi connectivity index (χ1n) is 4.84. The first kappa shape index (κ1) is 12.2. The van der Waals surface area contributed by atoms with Crippen molar-refractivity contribution in [2.24, 2.45) is 0 Å². The van der Waals surface area contributed by atoms with Crippen LogP contribution in [0, 0.1) is 0 Å². The molecule has 1 N–H and O–H groups in total. The van der Waals surface area contributed by atoms with Crippen LogP contribution in [0.15, 0.2) is 36.5 Å². The second kappa shape index (κ2) is 4.17. The van der Waals surface area contributed by atoms with Gasteiger partial charge in [0.15, 0.2) is 5.69 Å². The Morgan fingerprint density at radius 2 is 2.00 bits per heavy atom. The molecule has 0 atom stereocenters. The summed E-state index contributed by atoms with van der Waals surface area (Å²) in [6.45, 7) is 0. The number of hydrogen-bond acceptors (Lipinski definition) is 2. The molecule has 1 aromatic carbocycles. The predicted molar refractivity (Wildman–Crippen MR) is 55.5 cm³/mol. The van der Waals surface area contributed by atoms with Crippen LogP contribution < -0.4 is 0 Å². The summed E-state index contributed by atoms with van der Waals surface area (Å²) < 4.78 is 38.0. The first-order chi connectivity index (χ1) is 8.38. The zero-order valence-corrected chi connectivity index (χ0v) is 8.85. The summed E-state index contributed by atoms with van der Waals surface area (Å²) in [5, 5.41) is 12.1. The third-order valence-electron chi connectivity index (χ3n) is 2.24. The van der Waals surface area contributed by atoms with Crippen molar-refractivity contribution in [2.75, 3.05) is 0 Å². The monoisotopic (exact) mass is 256 g/mol. The summed E-state index contributed by atoms with van der Waals surface area (Å²) in [6, 6.07) is 6.33. The van der Waals surface area contributed by atoms with E-state index in [-0.39, 0.29) is 11.3 Å². The Morgan fingerprint density at radius 3 is 2.56 bits per heavy atom. The highest BCUT2D eigenvalue weighted by atomic mass is 19.4. The van der Waals surface area contributed by atoms with Crippen LogP contribution in [0.25, 0.3) is 5.69 Å². The van der Waals surface area contributed by atoms with E-state index in [4.69, 9.17) is 5.11 Å². The first-order valence-corrected chi connectivity index (χ1v) is 4.84. The van der Waals surface area contributed by atoms with Crippen molar-refractivity contribution in [2.45, 2.75) is 6.18 Å². The molecule has 0 saturated carbocycles. The third-order valence-corrected chi connectivity index (χ3v) is 2.24. The topological polar surface area (TPSA) is 55.1 Å². The van der Waals surface area contributed by atoms with Gasteiger partial charge in [-0.05, 0) is 24.3 Å². The highest BCUT2D eigenvalue weighted by molar-refractivity contribution is 5.88. The molecule has 2 aromatic rings.